The molecule has 0 atom stereocenters. The minimum atomic E-state index is -1.05. The van der Waals surface area contributed by atoms with Crippen LogP contribution in [0.2, 0.25) is 10.0 Å². The Bertz CT molecular complexity index is 1270. The van der Waals surface area contributed by atoms with Crippen LogP contribution < -0.4 is 0 Å². The van der Waals surface area contributed by atoms with E-state index in [-0.39, 0.29) is 10.1 Å². The number of para-hydroxylation sites is 2. The molecule has 0 aliphatic carbocycles. The Morgan fingerprint density at radius 2 is 1.90 bits per heavy atom. The summed E-state index contributed by atoms with van der Waals surface area (Å²) >= 11 is 13.2. The molecule has 0 amide bonds. The molecule has 0 fully saturated rings. The minimum absolute atomic E-state index is 0.107. The van der Waals surface area contributed by atoms with Crippen molar-refractivity contribution in [2.45, 2.75) is 19.1 Å². The number of thioether (sulfide) groups is 1. The third kappa shape index (κ3) is 3.99. The van der Waals surface area contributed by atoms with Gasteiger partial charge in [-0.05, 0) is 73.6 Å². The van der Waals surface area contributed by atoms with Crippen molar-refractivity contribution < 1.29 is 14.3 Å². The topological polar surface area (TPSA) is 68.3 Å². The van der Waals surface area contributed by atoms with E-state index in [1.807, 2.05) is 48.7 Å². The number of fused-ring (bicyclic) bond motifs is 1. The largest absolute Gasteiger partial charge is 0.477 e. The van der Waals surface area contributed by atoms with Gasteiger partial charge in [0.05, 0.1) is 10.0 Å². The molecular formula is C22H16Cl2N2O3S. The predicted octanol–water partition coefficient (Wildman–Crippen LogP) is 6.76. The number of hydrogen-bond acceptors (Lipinski definition) is 4. The van der Waals surface area contributed by atoms with Crippen LogP contribution in [0.4, 0.5) is 0 Å². The summed E-state index contributed by atoms with van der Waals surface area (Å²) in [6.07, 6.45) is 1.62. The lowest BCUT2D eigenvalue weighted by Crippen LogP contribution is -2.00. The number of rotatable bonds is 5. The monoisotopic (exact) mass is 458 g/mol. The van der Waals surface area contributed by atoms with E-state index < -0.39 is 5.97 Å². The van der Waals surface area contributed by atoms with Gasteiger partial charge in [-0.2, -0.15) is 0 Å². The molecule has 0 aliphatic rings. The van der Waals surface area contributed by atoms with Crippen LogP contribution in [0.5, 0.6) is 0 Å². The Morgan fingerprint density at radius 3 is 2.60 bits per heavy atom. The number of carboxylic acids is 1. The summed E-state index contributed by atoms with van der Waals surface area (Å²) in [5, 5.41) is 10.9. The molecule has 8 heteroatoms. The van der Waals surface area contributed by atoms with Crippen molar-refractivity contribution in [3.05, 3.63) is 80.4 Å². The van der Waals surface area contributed by atoms with E-state index in [0.29, 0.717) is 21.1 Å². The lowest BCUT2D eigenvalue weighted by molar-refractivity contribution is -0.131. The molecular weight excluding hydrogens is 443 g/mol. The second-order valence-corrected chi connectivity index (χ2v) is 8.43. The summed E-state index contributed by atoms with van der Waals surface area (Å²) in [6.45, 7) is 3.87. The van der Waals surface area contributed by atoms with E-state index in [9.17, 15) is 9.90 Å². The zero-order valence-corrected chi connectivity index (χ0v) is 18.3. The summed E-state index contributed by atoms with van der Waals surface area (Å²) in [6, 6.07) is 14.6. The maximum Gasteiger partial charge on any atom is 0.342 e. The molecule has 0 saturated heterocycles. The summed E-state index contributed by atoms with van der Waals surface area (Å²) in [5.41, 5.74) is 4.74. The van der Waals surface area contributed by atoms with Gasteiger partial charge in [-0.25, -0.2) is 9.78 Å². The SMILES string of the molecule is Cc1cc(/C=C(\Sc2nc3ccccc3o2)C(=O)O)c(C)n1-c1ccc(Cl)c(Cl)c1. The number of carboxylic acid groups (broad SMARTS) is 1. The molecule has 4 aromatic rings. The molecule has 0 saturated carbocycles. The first-order valence-electron chi connectivity index (χ1n) is 8.96. The number of nitrogens with zero attached hydrogens (tertiary/aromatic N) is 2. The van der Waals surface area contributed by atoms with Crippen LogP contribution in [0.1, 0.15) is 17.0 Å². The van der Waals surface area contributed by atoms with Crippen LogP contribution >= 0.6 is 35.0 Å². The number of benzene rings is 2. The van der Waals surface area contributed by atoms with Crippen molar-refractivity contribution in [2.24, 2.45) is 0 Å². The molecule has 1 N–H and O–H groups in total. The van der Waals surface area contributed by atoms with Crippen molar-refractivity contribution >= 4 is 58.1 Å². The number of aliphatic carboxylic acids is 1. The number of oxazole rings is 1. The maximum atomic E-state index is 11.9. The quantitative estimate of drug-likeness (QED) is 0.264. The summed E-state index contributed by atoms with van der Waals surface area (Å²) in [7, 11) is 0. The third-order valence-corrected chi connectivity index (χ3v) is 6.20. The lowest BCUT2D eigenvalue weighted by Gasteiger charge is -2.10. The fraction of sp³-hybridized carbons (Fsp3) is 0.0909. The fourth-order valence-corrected chi connectivity index (χ4v) is 4.25. The highest BCUT2D eigenvalue weighted by molar-refractivity contribution is 8.03. The standard InChI is InChI=1S/C22H16Cl2N2O3S/c1-12-9-14(13(2)26(12)15-7-8-16(23)17(24)11-15)10-20(21(27)28)30-22-25-18-5-3-4-6-19(18)29-22/h3-11H,1-2H3,(H,27,28)/b20-10-. The van der Waals surface area contributed by atoms with Gasteiger partial charge in [-0.15, -0.1) is 0 Å². The lowest BCUT2D eigenvalue weighted by atomic mass is 10.2. The maximum absolute atomic E-state index is 11.9. The van der Waals surface area contributed by atoms with Gasteiger partial charge >= 0.3 is 5.97 Å². The number of aryl methyl sites for hydroxylation is 1. The molecule has 2 heterocycles. The van der Waals surface area contributed by atoms with Crippen LogP contribution in [0.15, 0.2) is 63.1 Å². The van der Waals surface area contributed by atoms with E-state index >= 15 is 0 Å². The van der Waals surface area contributed by atoms with Crippen molar-refractivity contribution in [2.75, 3.05) is 0 Å². The first kappa shape index (κ1) is 20.6. The number of hydrogen-bond donors (Lipinski definition) is 1. The minimum Gasteiger partial charge on any atom is -0.477 e. The highest BCUT2D eigenvalue weighted by atomic mass is 35.5. The van der Waals surface area contributed by atoms with E-state index in [4.69, 9.17) is 27.6 Å². The number of carbonyl (C=O) groups is 1. The van der Waals surface area contributed by atoms with Crippen LogP contribution in [0.25, 0.3) is 22.9 Å². The fourth-order valence-electron chi connectivity index (χ4n) is 3.22. The van der Waals surface area contributed by atoms with E-state index in [2.05, 4.69) is 4.98 Å². The molecule has 0 aliphatic heterocycles. The Kier molecular flexibility index (Phi) is 5.64. The summed E-state index contributed by atoms with van der Waals surface area (Å²) in [5.74, 6) is -1.05. The molecule has 4 rings (SSSR count). The second kappa shape index (κ2) is 8.22. The highest BCUT2D eigenvalue weighted by Crippen LogP contribution is 2.33. The zero-order chi connectivity index (χ0) is 21.4. The zero-order valence-electron chi connectivity index (χ0n) is 16.0. The van der Waals surface area contributed by atoms with Crippen molar-refractivity contribution in [1.29, 1.82) is 0 Å². The van der Waals surface area contributed by atoms with Crippen LogP contribution in [0.3, 0.4) is 0 Å². The highest BCUT2D eigenvalue weighted by Gasteiger charge is 2.17. The molecule has 5 nitrogen and oxygen atoms in total. The molecule has 0 unspecified atom stereocenters. The Balaban J connectivity index is 1.72. The smallest absolute Gasteiger partial charge is 0.342 e. The average molecular weight is 459 g/mol. The van der Waals surface area contributed by atoms with Crippen LogP contribution in [-0.4, -0.2) is 20.6 Å². The normalized spacial score (nSPS) is 11.9. The van der Waals surface area contributed by atoms with Gasteiger partial charge < -0.3 is 14.1 Å². The van der Waals surface area contributed by atoms with E-state index in [1.165, 1.54) is 0 Å². The molecule has 152 valence electrons. The molecule has 0 radical (unpaired) electrons. The Morgan fingerprint density at radius 1 is 1.13 bits per heavy atom. The van der Waals surface area contributed by atoms with E-state index in [0.717, 1.165) is 34.4 Å². The average Bonchev–Trinajstić information content (AvgIpc) is 3.23. The molecule has 2 aromatic heterocycles. The predicted molar refractivity (Wildman–Crippen MR) is 121 cm³/mol. The van der Waals surface area contributed by atoms with Gasteiger partial charge in [-0.1, -0.05) is 35.3 Å². The Hall–Kier alpha value is -2.67. The van der Waals surface area contributed by atoms with Gasteiger partial charge in [0.2, 0.25) is 0 Å². The van der Waals surface area contributed by atoms with Crippen molar-refractivity contribution in [3.63, 3.8) is 0 Å². The van der Waals surface area contributed by atoms with Gasteiger partial charge in [0.25, 0.3) is 5.22 Å². The molecule has 2 aromatic carbocycles. The second-order valence-electron chi connectivity index (χ2n) is 6.62. The summed E-state index contributed by atoms with van der Waals surface area (Å²) < 4.78 is 7.65. The van der Waals surface area contributed by atoms with Crippen LogP contribution in [0, 0.1) is 13.8 Å². The number of aromatic nitrogens is 2. The Labute approximate surface area is 186 Å². The summed E-state index contributed by atoms with van der Waals surface area (Å²) in [4.78, 5) is 16.3. The number of halogens is 2. The third-order valence-electron chi connectivity index (χ3n) is 4.60. The first-order valence-corrected chi connectivity index (χ1v) is 10.5. The molecule has 30 heavy (non-hydrogen) atoms. The van der Waals surface area contributed by atoms with E-state index in [1.54, 1.807) is 24.3 Å². The molecule has 0 spiro atoms. The molecule has 0 bridgehead atoms. The van der Waals surface area contributed by atoms with Crippen molar-refractivity contribution in [3.8, 4) is 5.69 Å². The van der Waals surface area contributed by atoms with Gasteiger partial charge in [0, 0.05) is 17.1 Å². The van der Waals surface area contributed by atoms with Crippen LogP contribution in [-0.2, 0) is 4.79 Å². The van der Waals surface area contributed by atoms with Crippen molar-refractivity contribution in [1.82, 2.24) is 9.55 Å². The first-order chi connectivity index (χ1) is 14.3. The van der Waals surface area contributed by atoms with Gasteiger partial charge in [0.1, 0.15) is 10.4 Å². The van der Waals surface area contributed by atoms with Gasteiger partial charge in [0.15, 0.2) is 5.58 Å². The van der Waals surface area contributed by atoms with Gasteiger partial charge in [-0.3, -0.25) is 0 Å².